The molecule has 0 spiro atoms. The quantitative estimate of drug-likeness (QED) is 0.512. The number of rotatable bonds is 5. The van der Waals surface area contributed by atoms with E-state index >= 15 is 0 Å². The number of aliphatic hydroxyl groups excluding tert-OH is 1. The largest absolute Gasteiger partial charge is 0.491 e. The van der Waals surface area contributed by atoms with Gasteiger partial charge in [-0.1, -0.05) is 54.6 Å². The van der Waals surface area contributed by atoms with E-state index in [4.69, 9.17) is 9.84 Å². The number of carbonyl (C=O) groups is 1. The van der Waals surface area contributed by atoms with E-state index in [1.165, 1.54) is 0 Å². The van der Waals surface area contributed by atoms with E-state index in [0.717, 1.165) is 22.2 Å². The number of ether oxygens (including phenoxy) is 1. The van der Waals surface area contributed by atoms with Gasteiger partial charge in [0.2, 0.25) is 0 Å². The zero-order chi connectivity index (χ0) is 19.1. The van der Waals surface area contributed by atoms with Crippen LogP contribution in [0.2, 0.25) is 0 Å². The van der Waals surface area contributed by atoms with E-state index in [9.17, 15) is 9.90 Å². The lowest BCUT2D eigenvalue weighted by atomic mass is 9.87. The first kappa shape index (κ1) is 16.7. The van der Waals surface area contributed by atoms with E-state index in [1.807, 2.05) is 72.8 Å². The van der Waals surface area contributed by atoms with Crippen LogP contribution in [-0.2, 0) is 6.54 Å². The number of para-hydroxylation sites is 1. The summed E-state index contributed by atoms with van der Waals surface area (Å²) >= 11 is 0. The third-order valence-corrected chi connectivity index (χ3v) is 5.02. The Hall–Kier alpha value is -3.44. The summed E-state index contributed by atoms with van der Waals surface area (Å²) in [6, 6.07) is 22.6. The van der Waals surface area contributed by atoms with Crippen molar-refractivity contribution in [3.63, 3.8) is 0 Å². The van der Waals surface area contributed by atoms with Crippen LogP contribution >= 0.6 is 0 Å². The topological polar surface area (TPSA) is 64.4 Å². The standard InChI is InChI=1S/C23H18N2O3/c26-15(14-28-16-7-2-1-3-8-16)13-25-20-12-6-11-19-21(20)22(24-25)17-9-4-5-10-18(17)23(19)27/h1-12,15,26H,13-14H2/t15-/m1/s1. The Morgan fingerprint density at radius 3 is 2.43 bits per heavy atom. The Labute approximate surface area is 161 Å². The van der Waals surface area contributed by atoms with Gasteiger partial charge in [0.05, 0.1) is 12.1 Å². The summed E-state index contributed by atoms with van der Waals surface area (Å²) in [6.45, 7) is 0.444. The molecule has 5 rings (SSSR count). The highest BCUT2D eigenvalue weighted by Gasteiger charge is 2.28. The minimum absolute atomic E-state index is 0.0150. The molecule has 138 valence electrons. The smallest absolute Gasteiger partial charge is 0.194 e. The Morgan fingerprint density at radius 2 is 1.61 bits per heavy atom. The predicted molar refractivity (Wildman–Crippen MR) is 107 cm³/mol. The molecule has 0 amide bonds. The monoisotopic (exact) mass is 370 g/mol. The molecule has 5 heteroatoms. The molecule has 1 aliphatic rings. The van der Waals surface area contributed by atoms with Gasteiger partial charge in [-0.3, -0.25) is 9.48 Å². The molecule has 1 atom stereocenters. The van der Waals surface area contributed by atoms with Gasteiger partial charge in [0.15, 0.2) is 5.78 Å². The Bertz CT molecular complexity index is 1180. The van der Waals surface area contributed by atoms with Crippen molar-refractivity contribution in [2.75, 3.05) is 6.61 Å². The molecule has 0 bridgehead atoms. The van der Waals surface area contributed by atoms with E-state index in [1.54, 1.807) is 4.68 Å². The summed E-state index contributed by atoms with van der Waals surface area (Å²) < 4.78 is 7.42. The van der Waals surface area contributed by atoms with Crippen LogP contribution in [0.4, 0.5) is 0 Å². The summed E-state index contributed by atoms with van der Waals surface area (Å²) in [5.41, 5.74) is 3.80. The van der Waals surface area contributed by atoms with Crippen LogP contribution in [-0.4, -0.2) is 33.4 Å². The number of fused-ring (bicyclic) bond motifs is 2. The third kappa shape index (κ3) is 2.68. The lowest BCUT2D eigenvalue weighted by Gasteiger charge is -2.14. The number of hydrogen-bond acceptors (Lipinski definition) is 4. The summed E-state index contributed by atoms with van der Waals surface area (Å²) in [4.78, 5) is 12.9. The molecular formula is C23H18N2O3. The van der Waals surface area contributed by atoms with Crippen LogP contribution in [0.15, 0.2) is 72.8 Å². The molecule has 0 unspecified atom stereocenters. The fourth-order valence-electron chi connectivity index (χ4n) is 3.74. The lowest BCUT2D eigenvalue weighted by Crippen LogP contribution is -2.24. The van der Waals surface area contributed by atoms with E-state index < -0.39 is 6.10 Å². The second kappa shape index (κ2) is 6.62. The number of aliphatic hydroxyl groups is 1. The zero-order valence-corrected chi connectivity index (χ0v) is 15.1. The Balaban J connectivity index is 1.49. The highest BCUT2D eigenvalue weighted by Crippen LogP contribution is 2.38. The summed E-state index contributed by atoms with van der Waals surface area (Å²) in [6.07, 6.45) is -0.730. The van der Waals surface area contributed by atoms with E-state index in [-0.39, 0.29) is 18.9 Å². The fourth-order valence-corrected chi connectivity index (χ4v) is 3.74. The van der Waals surface area contributed by atoms with Crippen molar-refractivity contribution in [3.8, 4) is 17.0 Å². The molecule has 5 nitrogen and oxygen atoms in total. The van der Waals surface area contributed by atoms with Crippen molar-refractivity contribution in [3.05, 3.63) is 83.9 Å². The molecule has 0 saturated heterocycles. The van der Waals surface area contributed by atoms with Gasteiger partial charge in [0.1, 0.15) is 24.2 Å². The van der Waals surface area contributed by atoms with Crippen LogP contribution < -0.4 is 4.74 Å². The molecule has 28 heavy (non-hydrogen) atoms. The van der Waals surface area contributed by atoms with Crippen molar-refractivity contribution < 1.29 is 14.6 Å². The number of aromatic nitrogens is 2. The van der Waals surface area contributed by atoms with Crippen molar-refractivity contribution >= 4 is 16.7 Å². The van der Waals surface area contributed by atoms with Gasteiger partial charge in [-0.05, 0) is 18.2 Å². The highest BCUT2D eigenvalue weighted by atomic mass is 16.5. The highest BCUT2D eigenvalue weighted by molar-refractivity contribution is 6.25. The maximum Gasteiger partial charge on any atom is 0.194 e. The van der Waals surface area contributed by atoms with Crippen molar-refractivity contribution in [2.24, 2.45) is 0 Å². The van der Waals surface area contributed by atoms with Crippen LogP contribution in [0.3, 0.4) is 0 Å². The van der Waals surface area contributed by atoms with Gasteiger partial charge in [0, 0.05) is 22.1 Å². The number of nitrogens with zero attached hydrogens (tertiary/aromatic N) is 2. The number of hydrogen-bond donors (Lipinski definition) is 1. The first-order valence-corrected chi connectivity index (χ1v) is 9.22. The molecule has 1 aromatic heterocycles. The fraction of sp³-hybridized carbons (Fsp3) is 0.130. The maximum atomic E-state index is 12.9. The van der Waals surface area contributed by atoms with Crippen molar-refractivity contribution in [2.45, 2.75) is 12.6 Å². The molecule has 4 aromatic rings. The maximum absolute atomic E-state index is 12.9. The molecule has 0 radical (unpaired) electrons. The number of benzene rings is 3. The molecule has 1 aliphatic carbocycles. The molecule has 1 N–H and O–H groups in total. The minimum atomic E-state index is -0.730. The molecule has 0 aliphatic heterocycles. The SMILES string of the molecule is O=C1c2ccccc2-c2nn(C[C@@H](O)COc3ccccc3)c3cccc1c23. The van der Waals surface area contributed by atoms with Gasteiger partial charge >= 0.3 is 0 Å². The summed E-state index contributed by atoms with van der Waals surface area (Å²) in [5, 5.41) is 16.1. The Morgan fingerprint density at radius 1 is 0.893 bits per heavy atom. The van der Waals surface area contributed by atoms with Crippen LogP contribution in [0.5, 0.6) is 5.75 Å². The first-order chi connectivity index (χ1) is 13.7. The molecular weight excluding hydrogens is 352 g/mol. The number of ketones is 1. The van der Waals surface area contributed by atoms with Gasteiger partial charge in [-0.15, -0.1) is 0 Å². The van der Waals surface area contributed by atoms with Crippen LogP contribution in [0, 0.1) is 0 Å². The second-order valence-corrected chi connectivity index (χ2v) is 6.88. The third-order valence-electron chi connectivity index (χ3n) is 5.02. The number of carbonyl (C=O) groups excluding carboxylic acids is 1. The molecule has 0 saturated carbocycles. The Kier molecular flexibility index (Phi) is 3.95. The van der Waals surface area contributed by atoms with Crippen LogP contribution in [0.25, 0.3) is 22.2 Å². The van der Waals surface area contributed by atoms with Gasteiger partial charge in [0.25, 0.3) is 0 Å². The summed E-state index contributed by atoms with van der Waals surface area (Å²) in [7, 11) is 0. The van der Waals surface area contributed by atoms with Crippen LogP contribution in [0.1, 0.15) is 15.9 Å². The molecule has 0 fully saturated rings. The predicted octanol–water partition coefficient (Wildman–Crippen LogP) is 3.69. The average molecular weight is 370 g/mol. The van der Waals surface area contributed by atoms with Gasteiger partial charge in [-0.25, -0.2) is 0 Å². The second-order valence-electron chi connectivity index (χ2n) is 6.88. The lowest BCUT2D eigenvalue weighted by molar-refractivity contribution is 0.0905. The van der Waals surface area contributed by atoms with Crippen molar-refractivity contribution in [1.29, 1.82) is 0 Å². The van der Waals surface area contributed by atoms with Gasteiger partial charge < -0.3 is 9.84 Å². The zero-order valence-electron chi connectivity index (χ0n) is 15.1. The van der Waals surface area contributed by atoms with E-state index in [2.05, 4.69) is 0 Å². The summed E-state index contributed by atoms with van der Waals surface area (Å²) in [5.74, 6) is 0.730. The average Bonchev–Trinajstić information content (AvgIpc) is 3.10. The van der Waals surface area contributed by atoms with E-state index in [0.29, 0.717) is 16.9 Å². The first-order valence-electron chi connectivity index (χ1n) is 9.22. The van der Waals surface area contributed by atoms with Crippen molar-refractivity contribution in [1.82, 2.24) is 9.78 Å². The van der Waals surface area contributed by atoms with Gasteiger partial charge in [-0.2, -0.15) is 5.10 Å². The molecule has 3 aromatic carbocycles. The normalized spacial score (nSPS) is 13.4. The minimum Gasteiger partial charge on any atom is -0.491 e. The molecule has 1 heterocycles.